The molecule has 1 atom stereocenters. The first-order chi connectivity index (χ1) is 15.8. The molecular formula is C30H31NO2. The van der Waals surface area contributed by atoms with E-state index in [-0.39, 0.29) is 29.4 Å². The van der Waals surface area contributed by atoms with E-state index >= 15 is 0 Å². The number of nitrogens with two attached hydrogens (primary N) is 1. The van der Waals surface area contributed by atoms with Crippen molar-refractivity contribution in [1.82, 2.24) is 0 Å². The van der Waals surface area contributed by atoms with Crippen molar-refractivity contribution in [1.29, 1.82) is 0 Å². The summed E-state index contributed by atoms with van der Waals surface area (Å²) in [5.74, 6) is 0.444. The molecule has 0 aliphatic heterocycles. The van der Waals surface area contributed by atoms with Gasteiger partial charge < -0.3 is 15.9 Å². The summed E-state index contributed by atoms with van der Waals surface area (Å²) in [5.41, 5.74) is 12.9. The minimum absolute atomic E-state index is 0.0373. The Morgan fingerprint density at radius 1 is 0.697 bits per heavy atom. The first-order valence-electron chi connectivity index (χ1n) is 11.3. The van der Waals surface area contributed by atoms with Crippen LogP contribution < -0.4 is 5.73 Å². The summed E-state index contributed by atoms with van der Waals surface area (Å²) in [4.78, 5) is 0. The molecule has 0 saturated heterocycles. The highest BCUT2D eigenvalue weighted by atomic mass is 16.3. The second-order valence-corrected chi connectivity index (χ2v) is 9.61. The molecule has 0 bridgehead atoms. The summed E-state index contributed by atoms with van der Waals surface area (Å²) in [5, 5.41) is 20.9. The van der Waals surface area contributed by atoms with Crippen molar-refractivity contribution < 1.29 is 10.2 Å². The smallest absolute Gasteiger partial charge is 0.123 e. The zero-order chi connectivity index (χ0) is 23.6. The van der Waals surface area contributed by atoms with Crippen molar-refractivity contribution in [2.45, 2.75) is 33.2 Å². The molecule has 4 rings (SSSR count). The molecule has 0 heterocycles. The van der Waals surface area contributed by atoms with Gasteiger partial charge in [-0.1, -0.05) is 87.5 Å². The average Bonchev–Trinajstić information content (AvgIpc) is 2.81. The van der Waals surface area contributed by atoms with Crippen LogP contribution in [-0.2, 0) is 6.54 Å². The van der Waals surface area contributed by atoms with E-state index in [0.717, 1.165) is 27.8 Å². The van der Waals surface area contributed by atoms with Crippen molar-refractivity contribution >= 4 is 0 Å². The molecule has 33 heavy (non-hydrogen) atoms. The number of hydrogen-bond acceptors (Lipinski definition) is 3. The highest BCUT2D eigenvalue weighted by molar-refractivity contribution is 5.69. The number of rotatable bonds is 5. The first-order valence-corrected chi connectivity index (χ1v) is 11.3. The van der Waals surface area contributed by atoms with Gasteiger partial charge in [-0.3, -0.25) is 0 Å². The number of phenolic OH excluding ortho intramolecular Hbond substituents is 2. The SMILES string of the molecule is CC(C)(C)C(c1ccc(-c2ccccc2)cc1)c1cc(-c2ccc(O)cc2)cc(CN)c1O. The predicted octanol–water partition coefficient (Wildman–Crippen LogP) is 7.07. The van der Waals surface area contributed by atoms with E-state index in [4.69, 9.17) is 5.73 Å². The Morgan fingerprint density at radius 2 is 1.24 bits per heavy atom. The van der Waals surface area contributed by atoms with Gasteiger partial charge in [0.1, 0.15) is 11.5 Å². The van der Waals surface area contributed by atoms with Crippen LogP contribution in [0.15, 0.2) is 91.0 Å². The molecule has 3 heteroatoms. The fourth-order valence-corrected chi connectivity index (χ4v) is 4.56. The van der Waals surface area contributed by atoms with Crippen molar-refractivity contribution in [3.63, 3.8) is 0 Å². The summed E-state index contributed by atoms with van der Waals surface area (Å²) >= 11 is 0. The lowest BCUT2D eigenvalue weighted by molar-refractivity contribution is 0.346. The quantitative estimate of drug-likeness (QED) is 0.313. The molecule has 4 N–H and O–H groups in total. The fraction of sp³-hybridized carbons (Fsp3) is 0.200. The summed E-state index contributed by atoms with van der Waals surface area (Å²) < 4.78 is 0. The highest BCUT2D eigenvalue weighted by Crippen LogP contribution is 2.46. The predicted molar refractivity (Wildman–Crippen MR) is 136 cm³/mol. The Morgan fingerprint density at radius 3 is 1.82 bits per heavy atom. The Hall–Kier alpha value is -3.56. The largest absolute Gasteiger partial charge is 0.508 e. The van der Waals surface area contributed by atoms with Gasteiger partial charge in [-0.05, 0) is 57.5 Å². The van der Waals surface area contributed by atoms with Crippen LogP contribution in [0.4, 0.5) is 0 Å². The minimum Gasteiger partial charge on any atom is -0.508 e. The molecule has 0 aliphatic rings. The van der Waals surface area contributed by atoms with E-state index in [2.05, 4.69) is 63.2 Å². The number of aromatic hydroxyl groups is 2. The van der Waals surface area contributed by atoms with Gasteiger partial charge in [0.15, 0.2) is 0 Å². The van der Waals surface area contributed by atoms with Crippen LogP contribution in [0, 0.1) is 5.41 Å². The van der Waals surface area contributed by atoms with Gasteiger partial charge in [-0.15, -0.1) is 0 Å². The topological polar surface area (TPSA) is 66.5 Å². The van der Waals surface area contributed by atoms with Crippen molar-refractivity contribution in [3.8, 4) is 33.8 Å². The van der Waals surface area contributed by atoms with E-state index in [9.17, 15) is 10.2 Å². The number of benzene rings is 4. The third-order valence-electron chi connectivity index (χ3n) is 6.17. The molecule has 0 fully saturated rings. The van der Waals surface area contributed by atoms with Crippen LogP contribution in [0.1, 0.15) is 43.4 Å². The van der Waals surface area contributed by atoms with Crippen molar-refractivity contribution in [3.05, 3.63) is 108 Å². The lowest BCUT2D eigenvalue weighted by Gasteiger charge is -2.33. The van der Waals surface area contributed by atoms with Crippen LogP contribution in [0.2, 0.25) is 0 Å². The Balaban J connectivity index is 1.84. The normalized spacial score (nSPS) is 12.5. The molecule has 4 aromatic carbocycles. The molecule has 1 unspecified atom stereocenters. The van der Waals surface area contributed by atoms with Crippen LogP contribution in [0.5, 0.6) is 11.5 Å². The van der Waals surface area contributed by atoms with E-state index in [1.165, 1.54) is 5.56 Å². The van der Waals surface area contributed by atoms with Crippen LogP contribution in [-0.4, -0.2) is 10.2 Å². The molecule has 168 valence electrons. The molecule has 0 saturated carbocycles. The van der Waals surface area contributed by atoms with Gasteiger partial charge in [0.25, 0.3) is 0 Å². The maximum atomic E-state index is 11.2. The second kappa shape index (κ2) is 9.13. The van der Waals surface area contributed by atoms with E-state index in [0.29, 0.717) is 5.56 Å². The van der Waals surface area contributed by atoms with E-state index in [1.807, 2.05) is 36.4 Å². The molecular weight excluding hydrogens is 406 g/mol. The van der Waals surface area contributed by atoms with Gasteiger partial charge >= 0.3 is 0 Å². The van der Waals surface area contributed by atoms with Crippen LogP contribution >= 0.6 is 0 Å². The molecule has 0 radical (unpaired) electrons. The summed E-state index contributed by atoms with van der Waals surface area (Å²) in [6, 6.07) is 30.0. The number of phenols is 2. The van der Waals surface area contributed by atoms with Crippen LogP contribution in [0.3, 0.4) is 0 Å². The summed E-state index contributed by atoms with van der Waals surface area (Å²) in [6.07, 6.45) is 0. The van der Waals surface area contributed by atoms with Crippen molar-refractivity contribution in [2.75, 3.05) is 0 Å². The molecule has 0 aromatic heterocycles. The Kier molecular flexibility index (Phi) is 6.26. The van der Waals surface area contributed by atoms with Gasteiger partial charge in [0, 0.05) is 23.6 Å². The maximum Gasteiger partial charge on any atom is 0.123 e. The highest BCUT2D eigenvalue weighted by Gasteiger charge is 2.31. The average molecular weight is 438 g/mol. The Labute approximate surface area is 196 Å². The third-order valence-corrected chi connectivity index (χ3v) is 6.17. The molecule has 4 aromatic rings. The minimum atomic E-state index is -0.148. The first kappa shape index (κ1) is 22.6. The van der Waals surface area contributed by atoms with E-state index < -0.39 is 0 Å². The number of hydrogen-bond donors (Lipinski definition) is 3. The van der Waals surface area contributed by atoms with E-state index in [1.54, 1.807) is 12.1 Å². The Bertz CT molecular complexity index is 1220. The molecule has 0 aliphatic carbocycles. The van der Waals surface area contributed by atoms with Gasteiger partial charge in [0.2, 0.25) is 0 Å². The standard InChI is InChI=1S/C30H31NO2/c1-30(2,3)28(23-11-9-21(10-12-23)20-7-5-4-6-8-20)27-18-24(17-25(19-31)29(27)33)22-13-15-26(32)16-14-22/h4-18,28,32-33H,19,31H2,1-3H3. The lowest BCUT2D eigenvalue weighted by Crippen LogP contribution is -2.20. The molecule has 0 amide bonds. The maximum absolute atomic E-state index is 11.2. The zero-order valence-corrected chi connectivity index (χ0v) is 19.4. The van der Waals surface area contributed by atoms with Gasteiger partial charge in [-0.25, -0.2) is 0 Å². The fourth-order valence-electron chi connectivity index (χ4n) is 4.56. The molecule has 3 nitrogen and oxygen atoms in total. The van der Waals surface area contributed by atoms with Crippen molar-refractivity contribution in [2.24, 2.45) is 11.1 Å². The summed E-state index contributed by atoms with van der Waals surface area (Å²) in [7, 11) is 0. The third kappa shape index (κ3) is 4.79. The second-order valence-electron chi connectivity index (χ2n) is 9.61. The lowest BCUT2D eigenvalue weighted by atomic mass is 9.71. The van der Waals surface area contributed by atoms with Gasteiger partial charge in [0.05, 0.1) is 0 Å². The monoisotopic (exact) mass is 437 g/mol. The van der Waals surface area contributed by atoms with Crippen LogP contribution in [0.25, 0.3) is 22.3 Å². The zero-order valence-electron chi connectivity index (χ0n) is 19.4. The van der Waals surface area contributed by atoms with Gasteiger partial charge in [-0.2, -0.15) is 0 Å². The molecule has 0 spiro atoms. The summed E-state index contributed by atoms with van der Waals surface area (Å²) in [6.45, 7) is 6.82.